The topological polar surface area (TPSA) is 123 Å². The molecule has 1 aromatic rings. The Labute approximate surface area is 104 Å². The van der Waals surface area contributed by atoms with Crippen molar-refractivity contribution in [3.8, 4) is 6.07 Å². The molecule has 0 spiro atoms. The molecule has 98 valence electrons. The molecule has 1 rings (SSSR count). The van der Waals surface area contributed by atoms with Crippen molar-refractivity contribution in [2.45, 2.75) is 25.5 Å². The van der Waals surface area contributed by atoms with E-state index < -0.39 is 21.2 Å². The normalized spacial score (nSPS) is 12.7. The standard InChI is InChI=1S/C10H13N3O4S/c1-3-7(5-11)18(16,17)13-8-4-6(2)12-9(8)10(14)15/h4,7,12-13H,3H2,1-2H3,(H,14,15). The lowest BCUT2D eigenvalue weighted by atomic mass is 10.4. The molecule has 0 bridgehead atoms. The zero-order valence-electron chi connectivity index (χ0n) is 9.89. The smallest absolute Gasteiger partial charge is 0.354 e. The molecular formula is C10H13N3O4S. The fourth-order valence-electron chi connectivity index (χ4n) is 1.44. The molecule has 3 N–H and O–H groups in total. The third-order valence-electron chi connectivity index (χ3n) is 2.31. The fourth-order valence-corrected chi connectivity index (χ4v) is 2.63. The zero-order chi connectivity index (χ0) is 13.9. The summed E-state index contributed by atoms with van der Waals surface area (Å²) in [6.07, 6.45) is 0.123. The first-order valence-electron chi connectivity index (χ1n) is 5.16. The fraction of sp³-hybridized carbons (Fsp3) is 0.400. The average molecular weight is 271 g/mol. The molecule has 0 radical (unpaired) electrons. The first-order chi connectivity index (χ1) is 8.31. The number of carboxylic acid groups (broad SMARTS) is 1. The first-order valence-corrected chi connectivity index (χ1v) is 6.70. The van der Waals surface area contributed by atoms with E-state index in [0.29, 0.717) is 5.69 Å². The molecule has 0 aromatic carbocycles. The molecule has 0 saturated heterocycles. The van der Waals surface area contributed by atoms with Gasteiger partial charge in [0, 0.05) is 5.69 Å². The van der Waals surface area contributed by atoms with Gasteiger partial charge in [-0.1, -0.05) is 6.92 Å². The van der Waals surface area contributed by atoms with E-state index in [2.05, 4.69) is 9.71 Å². The van der Waals surface area contributed by atoms with Gasteiger partial charge in [0.1, 0.15) is 5.69 Å². The summed E-state index contributed by atoms with van der Waals surface area (Å²) in [7, 11) is -3.91. The van der Waals surface area contributed by atoms with Gasteiger partial charge < -0.3 is 10.1 Å². The first kappa shape index (κ1) is 14.1. The van der Waals surface area contributed by atoms with Crippen molar-refractivity contribution in [3.63, 3.8) is 0 Å². The number of rotatable bonds is 5. The Morgan fingerprint density at radius 1 is 1.67 bits per heavy atom. The van der Waals surface area contributed by atoms with Gasteiger partial charge >= 0.3 is 5.97 Å². The number of aryl methyl sites for hydroxylation is 1. The molecule has 0 aliphatic carbocycles. The minimum atomic E-state index is -3.91. The van der Waals surface area contributed by atoms with E-state index in [4.69, 9.17) is 10.4 Å². The zero-order valence-corrected chi connectivity index (χ0v) is 10.7. The molecule has 18 heavy (non-hydrogen) atoms. The molecule has 1 atom stereocenters. The maximum atomic E-state index is 11.8. The number of aromatic carboxylic acids is 1. The summed E-state index contributed by atoms with van der Waals surface area (Å²) in [4.78, 5) is 13.4. The van der Waals surface area contributed by atoms with Gasteiger partial charge in [0.2, 0.25) is 10.0 Å². The van der Waals surface area contributed by atoms with Gasteiger partial charge in [-0.15, -0.1) is 0 Å². The van der Waals surface area contributed by atoms with E-state index in [1.165, 1.54) is 6.07 Å². The second-order valence-corrected chi connectivity index (χ2v) is 5.58. The summed E-state index contributed by atoms with van der Waals surface area (Å²) in [6.45, 7) is 3.17. The highest BCUT2D eigenvalue weighted by Gasteiger charge is 2.26. The Morgan fingerprint density at radius 3 is 2.72 bits per heavy atom. The third kappa shape index (κ3) is 2.81. The molecule has 0 saturated carbocycles. The number of hydrogen-bond acceptors (Lipinski definition) is 4. The van der Waals surface area contributed by atoms with E-state index in [-0.39, 0.29) is 17.8 Å². The molecule has 1 aromatic heterocycles. The number of aromatic amines is 1. The van der Waals surface area contributed by atoms with Crippen LogP contribution in [0.5, 0.6) is 0 Å². The highest BCUT2D eigenvalue weighted by atomic mass is 32.2. The van der Waals surface area contributed by atoms with Crippen LogP contribution in [0.25, 0.3) is 0 Å². The average Bonchev–Trinajstić information content (AvgIpc) is 2.59. The third-order valence-corrected chi connectivity index (χ3v) is 4.00. The number of sulfonamides is 1. The molecule has 0 amide bonds. The minimum Gasteiger partial charge on any atom is -0.477 e. The van der Waals surface area contributed by atoms with Crippen LogP contribution >= 0.6 is 0 Å². The molecule has 1 unspecified atom stereocenters. The van der Waals surface area contributed by atoms with Gasteiger partial charge in [0.25, 0.3) is 0 Å². The van der Waals surface area contributed by atoms with Crippen LogP contribution in [-0.4, -0.2) is 29.7 Å². The second-order valence-electron chi connectivity index (χ2n) is 3.72. The van der Waals surface area contributed by atoms with Gasteiger partial charge in [0.05, 0.1) is 11.8 Å². The van der Waals surface area contributed by atoms with Crippen molar-refractivity contribution in [1.82, 2.24) is 4.98 Å². The molecule has 8 heteroatoms. The van der Waals surface area contributed by atoms with Gasteiger partial charge in [-0.3, -0.25) is 4.72 Å². The molecule has 0 aliphatic heterocycles. The summed E-state index contributed by atoms with van der Waals surface area (Å²) < 4.78 is 25.7. The Bertz CT molecular complexity index is 597. The predicted molar refractivity (Wildman–Crippen MR) is 64.7 cm³/mol. The molecule has 0 aliphatic rings. The van der Waals surface area contributed by atoms with Gasteiger partial charge in [-0.25, -0.2) is 13.2 Å². The summed E-state index contributed by atoms with van der Waals surface area (Å²) in [6, 6.07) is 3.03. The van der Waals surface area contributed by atoms with Crippen molar-refractivity contribution >= 4 is 21.7 Å². The summed E-state index contributed by atoms with van der Waals surface area (Å²) in [5.41, 5.74) is 0.202. The van der Waals surface area contributed by atoms with Crippen molar-refractivity contribution in [2.75, 3.05) is 4.72 Å². The number of nitriles is 1. The largest absolute Gasteiger partial charge is 0.477 e. The molecule has 0 fully saturated rings. The van der Waals surface area contributed by atoms with Crippen LogP contribution < -0.4 is 4.72 Å². The lowest BCUT2D eigenvalue weighted by molar-refractivity contribution is 0.0692. The number of carboxylic acids is 1. The van der Waals surface area contributed by atoms with E-state index in [1.54, 1.807) is 19.9 Å². The molecule has 1 heterocycles. The van der Waals surface area contributed by atoms with Crippen molar-refractivity contribution in [3.05, 3.63) is 17.5 Å². The maximum Gasteiger partial charge on any atom is 0.354 e. The monoisotopic (exact) mass is 271 g/mol. The van der Waals surface area contributed by atoms with E-state index >= 15 is 0 Å². The lowest BCUT2D eigenvalue weighted by Crippen LogP contribution is -2.26. The maximum absolute atomic E-state index is 11.8. The second kappa shape index (κ2) is 5.10. The summed E-state index contributed by atoms with van der Waals surface area (Å²) in [5.74, 6) is -1.27. The Balaban J connectivity index is 3.13. The number of H-pyrrole nitrogens is 1. The highest BCUT2D eigenvalue weighted by molar-refractivity contribution is 7.93. The number of carbonyl (C=O) groups is 1. The lowest BCUT2D eigenvalue weighted by Gasteiger charge is -2.10. The van der Waals surface area contributed by atoms with Crippen molar-refractivity contribution in [1.29, 1.82) is 5.26 Å². The highest BCUT2D eigenvalue weighted by Crippen LogP contribution is 2.20. The van der Waals surface area contributed by atoms with E-state index in [0.717, 1.165) is 0 Å². The van der Waals surface area contributed by atoms with Crippen LogP contribution in [0.2, 0.25) is 0 Å². The van der Waals surface area contributed by atoms with Crippen molar-refractivity contribution < 1.29 is 18.3 Å². The number of aromatic nitrogens is 1. The Kier molecular flexibility index (Phi) is 3.98. The van der Waals surface area contributed by atoms with Crippen LogP contribution in [0, 0.1) is 18.3 Å². The van der Waals surface area contributed by atoms with Gasteiger partial charge in [-0.2, -0.15) is 5.26 Å². The Morgan fingerprint density at radius 2 is 2.28 bits per heavy atom. The van der Waals surface area contributed by atoms with E-state index in [1.807, 2.05) is 0 Å². The van der Waals surface area contributed by atoms with E-state index in [9.17, 15) is 13.2 Å². The quantitative estimate of drug-likeness (QED) is 0.739. The number of nitrogens with one attached hydrogen (secondary N) is 2. The van der Waals surface area contributed by atoms with Crippen LogP contribution in [-0.2, 0) is 10.0 Å². The Hall–Kier alpha value is -2.01. The van der Waals surface area contributed by atoms with Gasteiger partial charge in [-0.05, 0) is 19.4 Å². The van der Waals surface area contributed by atoms with Crippen LogP contribution in [0.15, 0.2) is 6.07 Å². The summed E-state index contributed by atoms with van der Waals surface area (Å²) >= 11 is 0. The number of hydrogen-bond donors (Lipinski definition) is 3. The predicted octanol–water partition coefficient (Wildman–Crippen LogP) is 1.07. The molecular weight excluding hydrogens is 258 g/mol. The van der Waals surface area contributed by atoms with Crippen LogP contribution in [0.1, 0.15) is 29.5 Å². The van der Waals surface area contributed by atoms with Crippen LogP contribution in [0.3, 0.4) is 0 Å². The van der Waals surface area contributed by atoms with Crippen LogP contribution in [0.4, 0.5) is 5.69 Å². The van der Waals surface area contributed by atoms with Crippen molar-refractivity contribution in [2.24, 2.45) is 0 Å². The minimum absolute atomic E-state index is 0.0614. The van der Waals surface area contributed by atoms with Gasteiger partial charge in [0.15, 0.2) is 5.25 Å². The SMILES string of the molecule is CCC(C#N)S(=O)(=O)Nc1cc(C)[nH]c1C(=O)O. The number of anilines is 1. The molecule has 7 nitrogen and oxygen atoms in total. The number of nitrogens with zero attached hydrogens (tertiary/aromatic N) is 1. The summed E-state index contributed by atoms with van der Waals surface area (Å²) in [5, 5.41) is 16.4.